The maximum atomic E-state index is 12.1. The number of likely N-dealkylation sites (N-methyl/N-ethyl adjacent to an activating group) is 1. The first-order valence-corrected chi connectivity index (χ1v) is 7.80. The molecule has 2 atom stereocenters. The number of hydrogen-bond donors (Lipinski definition) is 2. The highest BCUT2D eigenvalue weighted by atomic mass is 79.9. The number of hydrogen-bond acceptors (Lipinski definition) is 3. The van der Waals surface area contributed by atoms with Gasteiger partial charge in [0.25, 0.3) is 0 Å². The van der Waals surface area contributed by atoms with Crippen molar-refractivity contribution in [2.24, 2.45) is 0 Å². The van der Waals surface area contributed by atoms with E-state index in [0.717, 1.165) is 35.8 Å². The molecule has 4 nitrogen and oxygen atoms in total. The second kappa shape index (κ2) is 7.20. The van der Waals surface area contributed by atoms with Crippen molar-refractivity contribution in [2.75, 3.05) is 18.9 Å². The fourth-order valence-electron chi connectivity index (χ4n) is 2.70. The summed E-state index contributed by atoms with van der Waals surface area (Å²) < 4.78 is 0.869. The number of amides is 1. The quantitative estimate of drug-likeness (QED) is 0.885. The van der Waals surface area contributed by atoms with Crippen LogP contribution in [0.5, 0.6) is 0 Å². The van der Waals surface area contributed by atoms with Crippen LogP contribution in [0.3, 0.4) is 0 Å². The number of aliphatic hydroxyl groups excluding tert-OH is 1. The Morgan fingerprint density at radius 3 is 2.80 bits per heavy atom. The van der Waals surface area contributed by atoms with Crippen molar-refractivity contribution in [3.63, 3.8) is 0 Å². The summed E-state index contributed by atoms with van der Waals surface area (Å²) in [6, 6.07) is 7.63. The van der Waals surface area contributed by atoms with Crippen molar-refractivity contribution in [1.82, 2.24) is 4.90 Å². The smallest absolute Gasteiger partial charge is 0.238 e. The molecule has 1 aromatic rings. The average Bonchev–Trinajstić information content (AvgIpc) is 2.41. The molecule has 1 saturated carbocycles. The lowest BCUT2D eigenvalue weighted by molar-refractivity contribution is -0.118. The lowest BCUT2D eigenvalue weighted by Gasteiger charge is -2.34. The van der Waals surface area contributed by atoms with Crippen LogP contribution < -0.4 is 5.32 Å². The van der Waals surface area contributed by atoms with Gasteiger partial charge >= 0.3 is 0 Å². The molecule has 1 aliphatic rings. The van der Waals surface area contributed by atoms with Crippen molar-refractivity contribution in [3.8, 4) is 0 Å². The summed E-state index contributed by atoms with van der Waals surface area (Å²) in [5, 5.41) is 12.9. The van der Waals surface area contributed by atoms with E-state index < -0.39 is 0 Å². The molecular formula is C15H21BrN2O2. The number of benzene rings is 1. The number of nitrogens with one attached hydrogen (secondary N) is 1. The molecule has 2 N–H and O–H groups in total. The molecule has 2 rings (SSSR count). The van der Waals surface area contributed by atoms with E-state index in [0.29, 0.717) is 6.54 Å². The van der Waals surface area contributed by atoms with Crippen LogP contribution in [0.15, 0.2) is 28.7 Å². The minimum absolute atomic E-state index is 0.0582. The number of anilines is 1. The molecule has 5 heteroatoms. The molecule has 0 spiro atoms. The Balaban J connectivity index is 1.89. The molecule has 1 fully saturated rings. The highest BCUT2D eigenvalue weighted by Crippen LogP contribution is 2.23. The predicted octanol–water partition coefficient (Wildman–Crippen LogP) is 2.62. The van der Waals surface area contributed by atoms with E-state index >= 15 is 0 Å². The Morgan fingerprint density at radius 2 is 2.10 bits per heavy atom. The van der Waals surface area contributed by atoms with Crippen LogP contribution in [0.1, 0.15) is 25.7 Å². The highest BCUT2D eigenvalue weighted by molar-refractivity contribution is 9.10. The first-order valence-electron chi connectivity index (χ1n) is 7.00. The topological polar surface area (TPSA) is 52.6 Å². The van der Waals surface area contributed by atoms with Crippen molar-refractivity contribution in [1.29, 1.82) is 0 Å². The largest absolute Gasteiger partial charge is 0.391 e. The lowest BCUT2D eigenvalue weighted by atomic mass is 9.91. The molecule has 1 amide bonds. The van der Waals surface area contributed by atoms with Crippen LogP contribution in [-0.4, -0.2) is 41.7 Å². The van der Waals surface area contributed by atoms with Crippen LogP contribution in [0.2, 0.25) is 0 Å². The fraction of sp³-hybridized carbons (Fsp3) is 0.533. The summed E-state index contributed by atoms with van der Waals surface area (Å²) in [5.41, 5.74) is 0.773. The standard InChI is InChI=1S/C15H21BrN2O2/c1-18(13-8-4-5-9-14(13)19)10-15(20)17-12-7-3-2-6-11(12)16/h2-3,6-7,13-14,19H,4-5,8-10H2,1H3,(H,17,20). The van der Waals surface area contributed by atoms with Gasteiger partial charge < -0.3 is 10.4 Å². The molecule has 0 aliphatic heterocycles. The van der Waals surface area contributed by atoms with Crippen LogP contribution in [0.4, 0.5) is 5.69 Å². The second-order valence-electron chi connectivity index (χ2n) is 5.36. The average molecular weight is 341 g/mol. The molecule has 20 heavy (non-hydrogen) atoms. The lowest BCUT2D eigenvalue weighted by Crippen LogP contribution is -2.46. The van der Waals surface area contributed by atoms with Crippen LogP contribution in [-0.2, 0) is 4.79 Å². The Morgan fingerprint density at radius 1 is 1.40 bits per heavy atom. The van der Waals surface area contributed by atoms with Gasteiger partial charge in [0, 0.05) is 10.5 Å². The Hall–Kier alpha value is -0.910. The first kappa shape index (κ1) is 15.5. The van der Waals surface area contributed by atoms with Crippen LogP contribution in [0, 0.1) is 0 Å². The molecule has 0 aromatic heterocycles. The third-order valence-electron chi connectivity index (χ3n) is 3.80. The van der Waals surface area contributed by atoms with Crippen molar-refractivity contribution in [2.45, 2.75) is 37.8 Å². The summed E-state index contributed by atoms with van der Waals surface area (Å²) in [5.74, 6) is -0.0582. The van der Waals surface area contributed by atoms with Gasteiger partial charge in [-0.25, -0.2) is 0 Å². The summed E-state index contributed by atoms with van der Waals surface area (Å²) in [6.07, 6.45) is 3.68. The maximum Gasteiger partial charge on any atom is 0.238 e. The van der Waals surface area contributed by atoms with Crippen LogP contribution in [0.25, 0.3) is 0 Å². The molecule has 0 radical (unpaired) electrons. The van der Waals surface area contributed by atoms with E-state index in [-0.39, 0.29) is 18.1 Å². The summed E-state index contributed by atoms with van der Waals surface area (Å²) >= 11 is 3.41. The summed E-state index contributed by atoms with van der Waals surface area (Å²) in [4.78, 5) is 14.0. The van der Waals surface area contributed by atoms with Gasteiger partial charge in [0.1, 0.15) is 0 Å². The van der Waals surface area contributed by atoms with Gasteiger partial charge in [0.15, 0.2) is 0 Å². The van der Waals surface area contributed by atoms with E-state index in [9.17, 15) is 9.90 Å². The van der Waals surface area contributed by atoms with Crippen molar-refractivity contribution >= 4 is 27.5 Å². The number of para-hydroxylation sites is 1. The SMILES string of the molecule is CN(CC(=O)Nc1ccccc1Br)C1CCCCC1O. The van der Waals surface area contributed by atoms with Gasteiger partial charge in [-0.2, -0.15) is 0 Å². The molecule has 2 unspecified atom stereocenters. The van der Waals surface area contributed by atoms with E-state index in [2.05, 4.69) is 21.2 Å². The first-order chi connectivity index (χ1) is 9.58. The molecule has 0 bridgehead atoms. The number of halogens is 1. The van der Waals surface area contributed by atoms with Gasteiger partial charge in [-0.05, 0) is 48.0 Å². The van der Waals surface area contributed by atoms with E-state index in [1.165, 1.54) is 0 Å². The zero-order chi connectivity index (χ0) is 14.5. The van der Waals surface area contributed by atoms with Gasteiger partial charge in [-0.3, -0.25) is 9.69 Å². The van der Waals surface area contributed by atoms with Crippen molar-refractivity contribution in [3.05, 3.63) is 28.7 Å². The minimum atomic E-state index is -0.315. The Bertz CT molecular complexity index is 467. The molecule has 1 aromatic carbocycles. The number of carbonyl (C=O) groups excluding carboxylic acids is 1. The summed E-state index contributed by atoms with van der Waals surface area (Å²) in [6.45, 7) is 0.295. The van der Waals surface area contributed by atoms with E-state index in [4.69, 9.17) is 0 Å². The van der Waals surface area contributed by atoms with Gasteiger partial charge in [0.2, 0.25) is 5.91 Å². The predicted molar refractivity (Wildman–Crippen MR) is 83.7 cm³/mol. The number of nitrogens with zero attached hydrogens (tertiary/aromatic N) is 1. The van der Waals surface area contributed by atoms with E-state index in [1.807, 2.05) is 36.2 Å². The molecule has 110 valence electrons. The number of carbonyl (C=O) groups is 1. The van der Waals surface area contributed by atoms with Crippen molar-refractivity contribution < 1.29 is 9.90 Å². The highest BCUT2D eigenvalue weighted by Gasteiger charge is 2.27. The van der Waals surface area contributed by atoms with E-state index in [1.54, 1.807) is 0 Å². The fourth-order valence-corrected chi connectivity index (χ4v) is 3.09. The summed E-state index contributed by atoms with van der Waals surface area (Å²) in [7, 11) is 1.90. The minimum Gasteiger partial charge on any atom is -0.391 e. The van der Waals surface area contributed by atoms with Gasteiger partial charge in [0.05, 0.1) is 18.3 Å². The molecular weight excluding hydrogens is 320 g/mol. The van der Waals surface area contributed by atoms with Gasteiger partial charge in [-0.15, -0.1) is 0 Å². The number of aliphatic hydroxyl groups is 1. The van der Waals surface area contributed by atoms with Crippen LogP contribution >= 0.6 is 15.9 Å². The Kier molecular flexibility index (Phi) is 5.57. The zero-order valence-electron chi connectivity index (χ0n) is 11.7. The zero-order valence-corrected chi connectivity index (χ0v) is 13.3. The third kappa shape index (κ3) is 4.04. The second-order valence-corrected chi connectivity index (χ2v) is 6.22. The third-order valence-corrected chi connectivity index (χ3v) is 4.49. The molecule has 1 aliphatic carbocycles. The monoisotopic (exact) mass is 340 g/mol. The normalized spacial score (nSPS) is 22.8. The maximum absolute atomic E-state index is 12.1. The Labute approximate surface area is 128 Å². The number of rotatable bonds is 4. The molecule has 0 saturated heterocycles. The molecule has 0 heterocycles. The van der Waals surface area contributed by atoms with Gasteiger partial charge in [-0.1, -0.05) is 25.0 Å².